The molecule has 0 amide bonds. The molecule has 0 bridgehead atoms. The Morgan fingerprint density at radius 1 is 1.30 bits per heavy atom. The van der Waals surface area contributed by atoms with Crippen LogP contribution in [0.25, 0.3) is 6.08 Å². The van der Waals surface area contributed by atoms with Gasteiger partial charge < -0.3 is 13.9 Å². The number of rotatable bonds is 5. The van der Waals surface area contributed by atoms with E-state index in [1.165, 1.54) is 11.3 Å². The SMILES string of the molecule is CCOC(=O)C1=C(C)N=c2s/c(=C\c3ccoc3)c(=O)n2[C@H]1c1ccc(OC)cc1. The number of hydrogen-bond donors (Lipinski definition) is 0. The molecule has 1 aliphatic heterocycles. The van der Waals surface area contributed by atoms with Gasteiger partial charge in [-0.15, -0.1) is 0 Å². The molecule has 4 rings (SSSR count). The van der Waals surface area contributed by atoms with Crippen molar-refractivity contribution in [1.82, 2.24) is 4.57 Å². The monoisotopic (exact) mass is 424 g/mol. The number of carbonyl (C=O) groups excluding carboxylic acids is 1. The lowest BCUT2D eigenvalue weighted by atomic mass is 9.96. The number of allylic oxidation sites excluding steroid dienone is 1. The van der Waals surface area contributed by atoms with Gasteiger partial charge >= 0.3 is 5.97 Å². The number of ether oxygens (including phenoxy) is 2. The lowest BCUT2D eigenvalue weighted by molar-refractivity contribution is -0.139. The Kier molecular flexibility index (Phi) is 5.41. The van der Waals surface area contributed by atoms with Crippen molar-refractivity contribution in [3.05, 3.63) is 84.9 Å². The second kappa shape index (κ2) is 8.16. The van der Waals surface area contributed by atoms with Crippen LogP contribution in [0.5, 0.6) is 5.75 Å². The topological polar surface area (TPSA) is 83.0 Å². The Morgan fingerprint density at radius 3 is 2.70 bits per heavy atom. The summed E-state index contributed by atoms with van der Waals surface area (Å²) in [4.78, 5) is 31.2. The summed E-state index contributed by atoms with van der Waals surface area (Å²) in [6, 6.07) is 8.42. The van der Waals surface area contributed by atoms with Gasteiger partial charge in [0.15, 0.2) is 4.80 Å². The molecule has 1 atom stereocenters. The maximum atomic E-state index is 13.3. The van der Waals surface area contributed by atoms with Gasteiger partial charge in [-0.1, -0.05) is 23.5 Å². The summed E-state index contributed by atoms with van der Waals surface area (Å²) in [6.07, 6.45) is 4.86. The van der Waals surface area contributed by atoms with Crippen LogP contribution in [0, 0.1) is 0 Å². The van der Waals surface area contributed by atoms with Gasteiger partial charge in [-0.05, 0) is 43.7 Å². The van der Waals surface area contributed by atoms with E-state index >= 15 is 0 Å². The van der Waals surface area contributed by atoms with Crippen LogP contribution < -0.4 is 19.6 Å². The van der Waals surface area contributed by atoms with Crippen molar-refractivity contribution in [3.8, 4) is 5.75 Å². The quantitative estimate of drug-likeness (QED) is 0.588. The summed E-state index contributed by atoms with van der Waals surface area (Å²) < 4.78 is 17.7. The average Bonchev–Trinajstić information content (AvgIpc) is 3.36. The minimum absolute atomic E-state index is 0.227. The summed E-state index contributed by atoms with van der Waals surface area (Å²) in [5, 5.41) is 0. The van der Waals surface area contributed by atoms with E-state index in [4.69, 9.17) is 13.9 Å². The van der Waals surface area contributed by atoms with Crippen LogP contribution in [-0.4, -0.2) is 24.3 Å². The Morgan fingerprint density at radius 2 is 2.07 bits per heavy atom. The van der Waals surface area contributed by atoms with Crippen LogP contribution in [0.3, 0.4) is 0 Å². The van der Waals surface area contributed by atoms with E-state index in [1.54, 1.807) is 62.3 Å². The fourth-order valence-corrected chi connectivity index (χ4v) is 4.45. The molecule has 8 heteroatoms. The number of furan rings is 1. The van der Waals surface area contributed by atoms with Crippen molar-refractivity contribution in [2.24, 2.45) is 4.99 Å². The summed E-state index contributed by atoms with van der Waals surface area (Å²) in [5.74, 6) is 0.202. The van der Waals surface area contributed by atoms with Crippen LogP contribution in [-0.2, 0) is 9.53 Å². The highest BCUT2D eigenvalue weighted by molar-refractivity contribution is 7.07. The van der Waals surface area contributed by atoms with Crippen LogP contribution in [0.4, 0.5) is 0 Å². The van der Waals surface area contributed by atoms with Gasteiger partial charge in [-0.2, -0.15) is 0 Å². The molecule has 0 N–H and O–H groups in total. The van der Waals surface area contributed by atoms with Gasteiger partial charge in [-0.3, -0.25) is 9.36 Å². The van der Waals surface area contributed by atoms with Crippen LogP contribution in [0.15, 0.2) is 68.3 Å². The molecule has 30 heavy (non-hydrogen) atoms. The number of benzene rings is 1. The highest BCUT2D eigenvalue weighted by atomic mass is 32.1. The zero-order chi connectivity index (χ0) is 21.3. The van der Waals surface area contributed by atoms with Crippen molar-refractivity contribution >= 4 is 23.4 Å². The summed E-state index contributed by atoms with van der Waals surface area (Å²) >= 11 is 1.27. The first-order valence-electron chi connectivity index (χ1n) is 9.39. The maximum absolute atomic E-state index is 13.3. The second-order valence-electron chi connectivity index (χ2n) is 6.63. The first-order chi connectivity index (χ1) is 14.5. The molecule has 0 fully saturated rings. The molecule has 154 valence electrons. The highest BCUT2D eigenvalue weighted by Gasteiger charge is 2.33. The largest absolute Gasteiger partial charge is 0.497 e. The smallest absolute Gasteiger partial charge is 0.338 e. The molecular weight excluding hydrogens is 404 g/mol. The highest BCUT2D eigenvalue weighted by Crippen LogP contribution is 2.31. The van der Waals surface area contributed by atoms with Crippen molar-refractivity contribution in [3.63, 3.8) is 0 Å². The molecule has 0 saturated heterocycles. The molecule has 3 heterocycles. The Balaban J connectivity index is 1.95. The van der Waals surface area contributed by atoms with Gasteiger partial charge in [0.05, 0.1) is 48.1 Å². The second-order valence-corrected chi connectivity index (χ2v) is 7.64. The Labute approximate surface area is 176 Å². The molecule has 1 aromatic carbocycles. The number of aromatic nitrogens is 1. The third kappa shape index (κ3) is 3.50. The van der Waals surface area contributed by atoms with E-state index in [2.05, 4.69) is 4.99 Å². The molecule has 0 radical (unpaired) electrons. The Bertz CT molecular complexity index is 1280. The zero-order valence-electron chi connectivity index (χ0n) is 16.7. The minimum atomic E-state index is -0.641. The van der Waals surface area contributed by atoms with Crippen LogP contribution in [0.2, 0.25) is 0 Å². The summed E-state index contributed by atoms with van der Waals surface area (Å²) in [6.45, 7) is 3.74. The normalized spacial score (nSPS) is 16.2. The number of hydrogen-bond acceptors (Lipinski definition) is 7. The molecule has 0 aliphatic carbocycles. The molecular formula is C22H20N2O5S. The maximum Gasteiger partial charge on any atom is 0.338 e. The first kappa shape index (κ1) is 19.9. The van der Waals surface area contributed by atoms with E-state index in [9.17, 15) is 9.59 Å². The van der Waals surface area contributed by atoms with Crippen LogP contribution >= 0.6 is 11.3 Å². The molecule has 3 aromatic rings. The van der Waals surface area contributed by atoms with Gasteiger partial charge in [0.1, 0.15) is 5.75 Å². The van der Waals surface area contributed by atoms with E-state index in [0.717, 1.165) is 11.1 Å². The molecule has 0 spiro atoms. The van der Waals surface area contributed by atoms with Crippen molar-refractivity contribution in [2.45, 2.75) is 19.9 Å². The number of fused-ring (bicyclic) bond motifs is 1. The number of thiazole rings is 1. The lowest BCUT2D eigenvalue weighted by Gasteiger charge is -2.24. The van der Waals surface area contributed by atoms with E-state index < -0.39 is 12.0 Å². The predicted octanol–water partition coefficient (Wildman–Crippen LogP) is 2.40. The summed E-state index contributed by atoms with van der Waals surface area (Å²) in [7, 11) is 1.59. The fourth-order valence-electron chi connectivity index (χ4n) is 3.40. The standard InChI is InChI=1S/C22H20N2O5S/c1-4-29-21(26)18-13(2)23-22-24(19(18)15-5-7-16(27-3)8-6-15)20(25)17(30-22)11-14-9-10-28-12-14/h5-12,19H,4H2,1-3H3/b17-11-/t19-/m0/s1. The van der Waals surface area contributed by atoms with Crippen molar-refractivity contribution in [1.29, 1.82) is 0 Å². The number of carbonyl (C=O) groups is 1. The lowest BCUT2D eigenvalue weighted by Crippen LogP contribution is -2.39. The third-order valence-corrected chi connectivity index (χ3v) is 5.77. The molecule has 0 unspecified atom stereocenters. The average molecular weight is 424 g/mol. The van der Waals surface area contributed by atoms with Gasteiger partial charge in [-0.25, -0.2) is 9.79 Å². The van der Waals surface area contributed by atoms with E-state index in [0.29, 0.717) is 26.4 Å². The number of esters is 1. The molecule has 2 aromatic heterocycles. The molecule has 7 nitrogen and oxygen atoms in total. The minimum Gasteiger partial charge on any atom is -0.497 e. The Hall–Kier alpha value is -3.39. The number of methoxy groups -OCH3 is 1. The van der Waals surface area contributed by atoms with Gasteiger partial charge in [0, 0.05) is 5.56 Å². The van der Waals surface area contributed by atoms with Crippen molar-refractivity contribution < 1.29 is 18.7 Å². The predicted molar refractivity (Wildman–Crippen MR) is 112 cm³/mol. The third-order valence-electron chi connectivity index (χ3n) is 4.79. The fraction of sp³-hybridized carbons (Fsp3) is 0.227. The van der Waals surface area contributed by atoms with Gasteiger partial charge in [0.2, 0.25) is 0 Å². The van der Waals surface area contributed by atoms with Crippen molar-refractivity contribution in [2.75, 3.05) is 13.7 Å². The van der Waals surface area contributed by atoms with E-state index in [-0.39, 0.29) is 12.2 Å². The molecule has 1 aliphatic rings. The zero-order valence-corrected chi connectivity index (χ0v) is 17.6. The summed E-state index contributed by atoms with van der Waals surface area (Å²) in [5.41, 5.74) is 2.21. The number of nitrogens with zero attached hydrogens (tertiary/aromatic N) is 2. The van der Waals surface area contributed by atoms with Gasteiger partial charge in [0.25, 0.3) is 5.56 Å². The van der Waals surface area contributed by atoms with Crippen LogP contribution in [0.1, 0.15) is 31.0 Å². The first-order valence-corrected chi connectivity index (χ1v) is 10.2. The molecule has 0 saturated carbocycles. The van der Waals surface area contributed by atoms with E-state index in [1.807, 2.05) is 12.1 Å².